The van der Waals surface area contributed by atoms with Gasteiger partial charge in [0.2, 0.25) is 11.8 Å². The zero-order valence-corrected chi connectivity index (χ0v) is 38.1. The van der Waals surface area contributed by atoms with Gasteiger partial charge in [-0.2, -0.15) is 0 Å². The summed E-state index contributed by atoms with van der Waals surface area (Å²) < 4.78 is 56.2. The number of rotatable bonds is 31. The van der Waals surface area contributed by atoms with Gasteiger partial charge >= 0.3 is 29.6 Å². The van der Waals surface area contributed by atoms with Gasteiger partial charge in [0.15, 0.2) is 11.9 Å². The van der Waals surface area contributed by atoms with Crippen molar-refractivity contribution in [1.82, 2.24) is 20.3 Å². The van der Waals surface area contributed by atoms with Gasteiger partial charge in [0.1, 0.15) is 26.4 Å². The number of phosphoric ester groups is 1. The molecular weight excluding hydrogens is 842 g/mol. The van der Waals surface area contributed by atoms with Crippen molar-refractivity contribution < 1.29 is 100 Å². The second-order valence-electron chi connectivity index (χ2n) is 12.6. The van der Waals surface area contributed by atoms with Crippen molar-refractivity contribution in [3.63, 3.8) is 0 Å². The first-order valence-electron chi connectivity index (χ1n) is 19.4. The number of benzene rings is 2. The Balaban J connectivity index is 0.000000427. The molecule has 2 heterocycles. The van der Waals surface area contributed by atoms with E-state index in [1.54, 1.807) is 6.20 Å². The monoisotopic (exact) mass is 894 g/mol. The number of Topliss-reactive ketones (excluding diaryl/α,β-unsaturated/α-hetero) is 1. The minimum Gasteiger partial charge on any atom is -0.756 e. The topological polar surface area (TPSA) is 242 Å². The summed E-state index contributed by atoms with van der Waals surface area (Å²) in [5, 5.41) is 2.35. The first kappa shape index (κ1) is 53.9. The van der Waals surface area contributed by atoms with Crippen LogP contribution in [0.3, 0.4) is 0 Å². The van der Waals surface area contributed by atoms with E-state index in [4.69, 9.17) is 28.7 Å². The second kappa shape index (κ2) is 32.4. The molecule has 4 aromatic rings. The van der Waals surface area contributed by atoms with E-state index in [1.165, 1.54) is 6.92 Å². The third-order valence-electron chi connectivity index (χ3n) is 7.79. The molecule has 0 saturated heterocycles. The van der Waals surface area contributed by atoms with E-state index in [2.05, 4.69) is 52.9 Å². The largest absolute Gasteiger partial charge is 1.00 e. The van der Waals surface area contributed by atoms with Gasteiger partial charge in [0, 0.05) is 30.5 Å². The van der Waals surface area contributed by atoms with Crippen LogP contribution in [0.4, 0.5) is 0 Å². The van der Waals surface area contributed by atoms with Crippen molar-refractivity contribution >= 4 is 43.5 Å². The number of nitrogens with zero attached hydrogens (tertiary/aromatic N) is 3. The van der Waals surface area contributed by atoms with Gasteiger partial charge in [-0.3, -0.25) is 28.7 Å². The summed E-state index contributed by atoms with van der Waals surface area (Å²) >= 11 is 0. The van der Waals surface area contributed by atoms with Gasteiger partial charge in [-0.15, -0.1) is 0 Å². The van der Waals surface area contributed by atoms with Gasteiger partial charge in [0.05, 0.1) is 69.2 Å². The Kier molecular flexibility index (Phi) is 28.2. The molecule has 62 heavy (non-hydrogen) atoms. The number of fused-ring (bicyclic) bond motifs is 1. The van der Waals surface area contributed by atoms with Crippen molar-refractivity contribution in [2.45, 2.75) is 32.8 Å². The molecule has 0 fully saturated rings. The standard InChI is InChI=1S/C27H29N3O3.C14H24NO12P.Na/c1-2-3-15-31-16-17-32-18-19-33-27-23(7-6-14-28-27)21-10-12-22(13-11-21)26-20-29-24-8-4-5-9-25(24)30-26;1-12(18)6-22-4-5-23-9-14(19)15-2-3-26-28(20,21)27-8-13(25-11-17)7-24-10-16;/h4-14,20H,2-3,15-19H2,1H3;10-11,13H,2-9H2,1H3,(H,15,19)(H,20,21);/q;;+1/p-1. The number of hydrogen-bond acceptors (Lipinski definition) is 18. The van der Waals surface area contributed by atoms with E-state index < -0.39 is 39.7 Å². The molecule has 2 unspecified atom stereocenters. The Hall–Kier alpha value is -4.24. The van der Waals surface area contributed by atoms with Crippen LogP contribution in [-0.2, 0) is 61.2 Å². The summed E-state index contributed by atoms with van der Waals surface area (Å²) in [7, 11) is -4.72. The number of ketones is 1. The number of amides is 1. The summed E-state index contributed by atoms with van der Waals surface area (Å²) in [6.45, 7) is 4.98. The fourth-order valence-electron chi connectivity index (χ4n) is 4.87. The molecule has 0 spiro atoms. The van der Waals surface area contributed by atoms with Crippen molar-refractivity contribution in [2.24, 2.45) is 0 Å². The van der Waals surface area contributed by atoms with Crippen LogP contribution in [0.5, 0.6) is 5.88 Å². The molecule has 0 aliphatic heterocycles. The summed E-state index contributed by atoms with van der Waals surface area (Å²) in [4.78, 5) is 67.6. The number of carbonyl (C=O) groups excluding carboxylic acids is 4. The van der Waals surface area contributed by atoms with E-state index in [1.807, 2.05) is 54.7 Å². The maximum absolute atomic E-state index is 11.5. The minimum atomic E-state index is -4.72. The number of hydrogen-bond donors (Lipinski definition) is 1. The predicted octanol–water partition coefficient (Wildman–Crippen LogP) is 0.516. The van der Waals surface area contributed by atoms with E-state index in [9.17, 15) is 28.6 Å². The third-order valence-corrected chi connectivity index (χ3v) is 8.76. The molecule has 0 saturated carbocycles. The molecule has 1 amide bonds. The van der Waals surface area contributed by atoms with Crippen molar-refractivity contribution in [3.05, 3.63) is 73.1 Å². The molecule has 1 N–H and O–H groups in total. The molecule has 0 aliphatic carbocycles. The zero-order valence-electron chi connectivity index (χ0n) is 35.2. The smallest absolute Gasteiger partial charge is 0.756 e. The zero-order chi connectivity index (χ0) is 44.0. The number of carbonyl (C=O) groups is 4. The van der Waals surface area contributed by atoms with Crippen LogP contribution in [-0.4, -0.2) is 132 Å². The number of para-hydroxylation sites is 2. The van der Waals surface area contributed by atoms with E-state index in [0.717, 1.165) is 52.9 Å². The molecule has 0 radical (unpaired) electrons. The van der Waals surface area contributed by atoms with Crippen molar-refractivity contribution in [1.29, 1.82) is 0 Å². The van der Waals surface area contributed by atoms with Crippen LogP contribution in [0.25, 0.3) is 33.4 Å². The number of aromatic nitrogens is 3. The summed E-state index contributed by atoms with van der Waals surface area (Å²) in [5.41, 5.74) is 5.61. The van der Waals surface area contributed by atoms with E-state index in [-0.39, 0.29) is 81.3 Å². The Bertz CT molecular complexity index is 1950. The summed E-state index contributed by atoms with van der Waals surface area (Å²) in [5.74, 6) is -0.0423. The quantitative estimate of drug-likeness (QED) is 0.0313. The molecule has 2 aromatic carbocycles. The Morgan fingerprint density at radius 1 is 0.774 bits per heavy atom. The third kappa shape index (κ3) is 22.7. The Morgan fingerprint density at radius 2 is 1.45 bits per heavy atom. The van der Waals surface area contributed by atoms with Crippen LogP contribution in [0.15, 0.2) is 73.1 Å². The van der Waals surface area contributed by atoms with Crippen LogP contribution < -0.4 is 44.5 Å². The molecule has 0 aliphatic rings. The number of ether oxygens (including phenoxy) is 7. The van der Waals surface area contributed by atoms with E-state index >= 15 is 0 Å². The molecular formula is C41H52N4NaO15P. The van der Waals surface area contributed by atoms with Gasteiger partial charge in [-0.1, -0.05) is 49.7 Å². The normalized spacial score (nSPS) is 12.1. The first-order valence-corrected chi connectivity index (χ1v) is 20.8. The number of pyridine rings is 1. The first-order chi connectivity index (χ1) is 29.7. The van der Waals surface area contributed by atoms with Crippen LogP contribution in [0.2, 0.25) is 0 Å². The van der Waals surface area contributed by atoms with Crippen LogP contribution >= 0.6 is 7.82 Å². The Morgan fingerprint density at radius 3 is 2.16 bits per heavy atom. The van der Waals surface area contributed by atoms with Crippen LogP contribution in [0.1, 0.15) is 26.7 Å². The van der Waals surface area contributed by atoms with Gasteiger partial charge in [-0.25, -0.2) is 9.97 Å². The molecule has 0 bridgehead atoms. The maximum atomic E-state index is 11.5. The SMILES string of the molecule is CC(=O)COCCOCC(=O)NCCOP(=O)([O-])OCC(COC=O)OC=O.CCCCOCCOCCOc1ncccc1-c1ccc(-c2cnc3ccccc3n2)cc1.[Na+]. The minimum absolute atomic E-state index is 0. The molecule has 4 rings (SSSR count). The molecule has 2 aromatic heterocycles. The maximum Gasteiger partial charge on any atom is 1.00 e. The summed E-state index contributed by atoms with van der Waals surface area (Å²) in [6, 6.07) is 20.0. The van der Waals surface area contributed by atoms with Gasteiger partial charge in [-0.05, 0) is 43.2 Å². The van der Waals surface area contributed by atoms with Crippen molar-refractivity contribution in [3.8, 4) is 28.3 Å². The van der Waals surface area contributed by atoms with Gasteiger partial charge in [0.25, 0.3) is 20.8 Å². The average Bonchev–Trinajstić information content (AvgIpc) is 3.27. The van der Waals surface area contributed by atoms with E-state index in [0.29, 0.717) is 32.3 Å². The second-order valence-corrected chi connectivity index (χ2v) is 14.0. The average molecular weight is 895 g/mol. The predicted molar refractivity (Wildman–Crippen MR) is 218 cm³/mol. The number of nitrogens with one attached hydrogen (secondary N) is 1. The fraction of sp³-hybridized carbons (Fsp3) is 0.439. The molecule has 2 atom stereocenters. The van der Waals surface area contributed by atoms with Crippen LogP contribution in [0, 0.1) is 0 Å². The van der Waals surface area contributed by atoms with Gasteiger partial charge < -0.3 is 52.4 Å². The molecule has 332 valence electrons. The summed E-state index contributed by atoms with van der Waals surface area (Å²) in [6.07, 6.45) is 4.65. The fourth-order valence-corrected chi connectivity index (χ4v) is 5.61. The number of unbranched alkanes of at least 4 members (excludes halogenated alkanes) is 1. The molecule has 19 nitrogen and oxygen atoms in total. The molecule has 21 heteroatoms. The van der Waals surface area contributed by atoms with Crippen molar-refractivity contribution in [2.75, 3.05) is 85.8 Å². The number of phosphoric acid groups is 1. The Labute approximate surface area is 382 Å².